The first kappa shape index (κ1) is 16.1. The predicted octanol–water partition coefficient (Wildman–Crippen LogP) is 1.93. The van der Waals surface area contributed by atoms with E-state index in [4.69, 9.17) is 0 Å². The van der Waals surface area contributed by atoms with E-state index in [0.717, 1.165) is 28.3 Å². The van der Waals surface area contributed by atoms with Crippen molar-refractivity contribution in [2.45, 2.75) is 6.54 Å². The third-order valence-electron chi connectivity index (χ3n) is 4.41. The third kappa shape index (κ3) is 2.55. The summed E-state index contributed by atoms with van der Waals surface area (Å²) in [7, 11) is 5.45. The maximum Gasteiger partial charge on any atom is 0.254 e. The van der Waals surface area contributed by atoms with Crippen molar-refractivity contribution >= 4 is 23.0 Å². The van der Waals surface area contributed by atoms with Gasteiger partial charge in [0, 0.05) is 39.1 Å². The molecule has 26 heavy (non-hydrogen) atoms. The fourth-order valence-corrected chi connectivity index (χ4v) is 3.28. The monoisotopic (exact) mass is 349 g/mol. The predicted molar refractivity (Wildman–Crippen MR) is 99.5 cm³/mol. The molecule has 3 heterocycles. The molecule has 132 valence electrons. The molecule has 0 radical (unpaired) electrons. The molecule has 1 amide bonds. The van der Waals surface area contributed by atoms with Gasteiger partial charge in [-0.05, 0) is 12.1 Å². The van der Waals surface area contributed by atoms with E-state index < -0.39 is 0 Å². The number of hydrogen-bond donors (Lipinski definition) is 2. The molecule has 0 fully saturated rings. The van der Waals surface area contributed by atoms with Crippen LogP contribution in [0.3, 0.4) is 0 Å². The van der Waals surface area contributed by atoms with Gasteiger partial charge in [-0.1, -0.05) is 12.1 Å². The van der Waals surface area contributed by atoms with E-state index in [2.05, 4.69) is 30.7 Å². The molecular weight excluding hydrogens is 330 g/mol. The van der Waals surface area contributed by atoms with Gasteiger partial charge in [0.2, 0.25) is 0 Å². The highest BCUT2D eigenvalue weighted by Gasteiger charge is 2.26. The Balaban J connectivity index is 1.81. The number of anilines is 3. The van der Waals surface area contributed by atoms with Crippen LogP contribution in [-0.4, -0.2) is 40.0 Å². The summed E-state index contributed by atoms with van der Waals surface area (Å²) in [5.74, 6) is -0.185. The minimum absolute atomic E-state index is 0.185. The Kier molecular flexibility index (Phi) is 3.80. The number of nitrogens with zero attached hydrogens (tertiary/aromatic N) is 5. The zero-order valence-electron chi connectivity index (χ0n) is 14.8. The lowest BCUT2D eigenvalue weighted by Crippen LogP contribution is -2.23. The molecule has 1 aromatic carbocycles. The van der Waals surface area contributed by atoms with Crippen molar-refractivity contribution in [3.63, 3.8) is 0 Å². The van der Waals surface area contributed by atoms with Crippen LogP contribution in [0.25, 0.3) is 11.3 Å². The second-order valence-electron chi connectivity index (χ2n) is 6.17. The zero-order valence-corrected chi connectivity index (χ0v) is 14.8. The lowest BCUT2D eigenvalue weighted by atomic mass is 10.0. The van der Waals surface area contributed by atoms with Gasteiger partial charge in [-0.3, -0.25) is 9.78 Å². The van der Waals surface area contributed by atoms with E-state index in [-0.39, 0.29) is 5.91 Å². The second kappa shape index (κ2) is 6.14. The zero-order chi connectivity index (χ0) is 18.3. The van der Waals surface area contributed by atoms with Gasteiger partial charge in [-0.25, -0.2) is 0 Å². The smallest absolute Gasteiger partial charge is 0.254 e. The minimum Gasteiger partial charge on any atom is -0.366 e. The Morgan fingerprint density at radius 3 is 2.81 bits per heavy atom. The van der Waals surface area contributed by atoms with Crippen LogP contribution in [0.1, 0.15) is 16.1 Å². The number of aryl methyl sites for hydroxylation is 1. The largest absolute Gasteiger partial charge is 0.366 e. The van der Waals surface area contributed by atoms with Gasteiger partial charge in [0.05, 0.1) is 29.2 Å². The summed E-state index contributed by atoms with van der Waals surface area (Å²) < 4.78 is 0. The van der Waals surface area contributed by atoms with Crippen molar-refractivity contribution in [1.82, 2.24) is 25.3 Å². The quantitative estimate of drug-likeness (QED) is 0.751. The highest BCUT2D eigenvalue weighted by atomic mass is 16.1. The SMILES string of the molecule is CNC(=O)c1cnccc1Nc1cccc2c1N(C)Cc1nn(C)nc1-2. The molecule has 0 saturated heterocycles. The average Bonchev–Trinajstić information content (AvgIpc) is 3.02. The summed E-state index contributed by atoms with van der Waals surface area (Å²) in [5, 5.41) is 15.0. The van der Waals surface area contributed by atoms with Crippen molar-refractivity contribution in [2.24, 2.45) is 7.05 Å². The number of rotatable bonds is 3. The Morgan fingerprint density at radius 2 is 2.00 bits per heavy atom. The molecule has 3 aromatic rings. The second-order valence-corrected chi connectivity index (χ2v) is 6.17. The Hall–Kier alpha value is -3.42. The van der Waals surface area contributed by atoms with E-state index in [1.54, 1.807) is 30.3 Å². The Labute approximate surface area is 150 Å². The number of hydrogen-bond acceptors (Lipinski definition) is 6. The van der Waals surface area contributed by atoms with Crippen molar-refractivity contribution < 1.29 is 4.79 Å². The Morgan fingerprint density at radius 1 is 1.15 bits per heavy atom. The molecule has 8 heteroatoms. The lowest BCUT2D eigenvalue weighted by molar-refractivity contribution is 0.0963. The fraction of sp³-hybridized carbons (Fsp3) is 0.222. The molecule has 0 saturated carbocycles. The number of amides is 1. The normalized spacial score (nSPS) is 12.3. The highest BCUT2D eigenvalue weighted by molar-refractivity contribution is 6.01. The number of para-hydroxylation sites is 1. The summed E-state index contributed by atoms with van der Waals surface area (Å²) in [5.41, 5.74) is 5.98. The van der Waals surface area contributed by atoms with Gasteiger partial charge in [0.1, 0.15) is 11.4 Å². The van der Waals surface area contributed by atoms with Gasteiger partial charge in [0.15, 0.2) is 0 Å². The fourth-order valence-electron chi connectivity index (χ4n) is 3.28. The van der Waals surface area contributed by atoms with E-state index in [1.165, 1.54) is 0 Å². The number of aromatic nitrogens is 4. The third-order valence-corrected chi connectivity index (χ3v) is 4.41. The van der Waals surface area contributed by atoms with E-state index in [0.29, 0.717) is 17.8 Å². The van der Waals surface area contributed by atoms with Crippen LogP contribution in [0.15, 0.2) is 36.7 Å². The van der Waals surface area contributed by atoms with E-state index in [9.17, 15) is 4.79 Å². The first-order valence-corrected chi connectivity index (χ1v) is 8.26. The van der Waals surface area contributed by atoms with Crippen molar-refractivity contribution in [3.8, 4) is 11.3 Å². The highest BCUT2D eigenvalue weighted by Crippen LogP contribution is 2.42. The molecule has 0 unspecified atom stereocenters. The molecule has 2 aromatic heterocycles. The first-order chi connectivity index (χ1) is 12.6. The van der Waals surface area contributed by atoms with Crippen LogP contribution in [0.5, 0.6) is 0 Å². The number of benzene rings is 1. The van der Waals surface area contributed by atoms with Gasteiger partial charge in [-0.2, -0.15) is 15.0 Å². The maximum atomic E-state index is 12.1. The van der Waals surface area contributed by atoms with Gasteiger partial charge >= 0.3 is 0 Å². The summed E-state index contributed by atoms with van der Waals surface area (Å²) in [6, 6.07) is 7.79. The van der Waals surface area contributed by atoms with Crippen LogP contribution in [0.2, 0.25) is 0 Å². The van der Waals surface area contributed by atoms with Gasteiger partial charge in [-0.15, -0.1) is 0 Å². The lowest BCUT2D eigenvalue weighted by Gasteiger charge is -2.28. The van der Waals surface area contributed by atoms with Crippen molar-refractivity contribution in [3.05, 3.63) is 47.9 Å². The van der Waals surface area contributed by atoms with E-state index >= 15 is 0 Å². The molecule has 0 spiro atoms. The molecule has 2 N–H and O–H groups in total. The summed E-state index contributed by atoms with van der Waals surface area (Å²) in [4.78, 5) is 19.9. The van der Waals surface area contributed by atoms with Crippen LogP contribution in [-0.2, 0) is 13.6 Å². The van der Waals surface area contributed by atoms with Crippen LogP contribution in [0, 0.1) is 0 Å². The number of carbonyl (C=O) groups is 1. The molecule has 4 rings (SSSR count). The summed E-state index contributed by atoms with van der Waals surface area (Å²) in [6.45, 7) is 0.674. The maximum absolute atomic E-state index is 12.1. The standard InChI is InChI=1S/C18H19N7O/c1-19-18(26)12-9-20-8-7-13(12)21-14-6-4-5-11-16-15(22-25(3)23-16)10-24(2)17(11)14/h4-9H,10H2,1-3H3,(H,19,26)(H,20,21). The minimum atomic E-state index is -0.185. The number of pyridine rings is 1. The first-order valence-electron chi connectivity index (χ1n) is 8.26. The van der Waals surface area contributed by atoms with E-state index in [1.807, 2.05) is 32.3 Å². The summed E-state index contributed by atoms with van der Waals surface area (Å²) >= 11 is 0. The summed E-state index contributed by atoms with van der Waals surface area (Å²) in [6.07, 6.45) is 3.22. The number of nitrogens with one attached hydrogen (secondary N) is 2. The van der Waals surface area contributed by atoms with Gasteiger partial charge in [0.25, 0.3) is 5.91 Å². The van der Waals surface area contributed by atoms with Crippen LogP contribution in [0.4, 0.5) is 17.1 Å². The van der Waals surface area contributed by atoms with Crippen LogP contribution < -0.4 is 15.5 Å². The number of carbonyl (C=O) groups excluding carboxylic acids is 1. The number of fused-ring (bicyclic) bond motifs is 3. The average molecular weight is 349 g/mol. The van der Waals surface area contributed by atoms with Crippen molar-refractivity contribution in [2.75, 3.05) is 24.3 Å². The molecule has 0 atom stereocenters. The Bertz CT molecular complexity index is 995. The molecule has 0 aliphatic carbocycles. The topological polar surface area (TPSA) is 88.0 Å². The molecular formula is C18H19N7O. The molecule has 1 aliphatic heterocycles. The van der Waals surface area contributed by atoms with Crippen LogP contribution >= 0.6 is 0 Å². The van der Waals surface area contributed by atoms with Crippen molar-refractivity contribution in [1.29, 1.82) is 0 Å². The molecule has 8 nitrogen and oxygen atoms in total. The van der Waals surface area contributed by atoms with Gasteiger partial charge < -0.3 is 15.5 Å². The molecule has 0 bridgehead atoms. The molecule has 1 aliphatic rings.